The number of aromatic hydroxyl groups is 1. The largest absolute Gasteiger partial charge is 0.508 e. The summed E-state index contributed by atoms with van der Waals surface area (Å²) in [6.07, 6.45) is 0.941. The summed E-state index contributed by atoms with van der Waals surface area (Å²) in [5.74, 6) is 0.195. The Morgan fingerprint density at radius 1 is 1.31 bits per heavy atom. The summed E-state index contributed by atoms with van der Waals surface area (Å²) in [5, 5.41) is 9.93. The fourth-order valence-corrected chi connectivity index (χ4v) is 1.90. The normalized spacial score (nSPS) is 10.1. The van der Waals surface area contributed by atoms with Gasteiger partial charge in [-0.3, -0.25) is 4.79 Å². The zero-order valence-corrected chi connectivity index (χ0v) is 10.9. The number of rotatable bonds is 5. The summed E-state index contributed by atoms with van der Waals surface area (Å²) >= 11 is 3.34. The number of alkyl halides is 1. The molecule has 16 heavy (non-hydrogen) atoms. The maximum absolute atomic E-state index is 12.1. The van der Waals surface area contributed by atoms with Gasteiger partial charge in [-0.1, -0.05) is 22.9 Å². The summed E-state index contributed by atoms with van der Waals surface area (Å²) in [5.41, 5.74) is 0.618. The monoisotopic (exact) mass is 285 g/mol. The van der Waals surface area contributed by atoms with Crippen LogP contribution in [0, 0.1) is 0 Å². The van der Waals surface area contributed by atoms with E-state index < -0.39 is 0 Å². The standard InChI is InChI=1S/C12H16BrNO2/c1-2-8-14(9-7-13)12(16)10-3-5-11(15)6-4-10/h3-6,15H,2,7-9H2,1H3. The highest BCUT2D eigenvalue weighted by atomic mass is 79.9. The number of carbonyl (C=O) groups is 1. The first-order valence-electron chi connectivity index (χ1n) is 5.33. The molecule has 0 saturated carbocycles. The summed E-state index contributed by atoms with van der Waals surface area (Å²) in [6.45, 7) is 3.50. The van der Waals surface area contributed by atoms with Crippen LogP contribution in [-0.2, 0) is 0 Å². The molecule has 88 valence electrons. The van der Waals surface area contributed by atoms with Gasteiger partial charge in [-0.15, -0.1) is 0 Å². The van der Waals surface area contributed by atoms with Crippen molar-refractivity contribution >= 4 is 21.8 Å². The minimum Gasteiger partial charge on any atom is -0.508 e. The molecular formula is C12H16BrNO2. The second kappa shape index (κ2) is 6.53. The quantitative estimate of drug-likeness (QED) is 0.845. The van der Waals surface area contributed by atoms with Crippen LogP contribution < -0.4 is 0 Å². The third-order valence-electron chi connectivity index (χ3n) is 2.25. The molecule has 0 saturated heterocycles. The number of hydrogen-bond donors (Lipinski definition) is 1. The summed E-state index contributed by atoms with van der Waals surface area (Å²) in [7, 11) is 0. The fraction of sp³-hybridized carbons (Fsp3) is 0.417. The number of amides is 1. The van der Waals surface area contributed by atoms with E-state index in [1.807, 2.05) is 6.92 Å². The van der Waals surface area contributed by atoms with Crippen LogP contribution >= 0.6 is 15.9 Å². The van der Waals surface area contributed by atoms with Gasteiger partial charge in [-0.05, 0) is 30.7 Å². The van der Waals surface area contributed by atoms with Gasteiger partial charge >= 0.3 is 0 Å². The van der Waals surface area contributed by atoms with Gasteiger partial charge in [0, 0.05) is 24.0 Å². The molecule has 0 radical (unpaired) electrons. The molecule has 0 unspecified atom stereocenters. The number of halogens is 1. The highest BCUT2D eigenvalue weighted by Crippen LogP contribution is 2.12. The Bertz CT molecular complexity index is 331. The van der Waals surface area contributed by atoms with E-state index in [-0.39, 0.29) is 11.7 Å². The topological polar surface area (TPSA) is 40.5 Å². The second-order valence-electron chi connectivity index (χ2n) is 3.53. The molecule has 1 aromatic rings. The SMILES string of the molecule is CCCN(CCBr)C(=O)c1ccc(O)cc1. The van der Waals surface area contributed by atoms with Gasteiger partial charge in [0.15, 0.2) is 0 Å². The third-order valence-corrected chi connectivity index (χ3v) is 2.60. The van der Waals surface area contributed by atoms with Crippen LogP contribution in [0.4, 0.5) is 0 Å². The zero-order valence-electron chi connectivity index (χ0n) is 9.32. The molecule has 0 aliphatic rings. The number of phenols is 1. The van der Waals surface area contributed by atoms with E-state index in [4.69, 9.17) is 5.11 Å². The van der Waals surface area contributed by atoms with Crippen molar-refractivity contribution in [3.8, 4) is 5.75 Å². The molecule has 0 heterocycles. The van der Waals surface area contributed by atoms with Gasteiger partial charge in [0.25, 0.3) is 5.91 Å². The Morgan fingerprint density at radius 3 is 2.44 bits per heavy atom. The van der Waals surface area contributed by atoms with Crippen LogP contribution in [0.15, 0.2) is 24.3 Å². The van der Waals surface area contributed by atoms with Gasteiger partial charge in [-0.25, -0.2) is 0 Å². The van der Waals surface area contributed by atoms with E-state index >= 15 is 0 Å². The van der Waals surface area contributed by atoms with Crippen LogP contribution in [0.25, 0.3) is 0 Å². The number of phenolic OH excluding ortho intramolecular Hbond substituents is 1. The van der Waals surface area contributed by atoms with Crippen molar-refractivity contribution in [2.45, 2.75) is 13.3 Å². The van der Waals surface area contributed by atoms with Crippen LogP contribution in [-0.4, -0.2) is 34.3 Å². The molecule has 0 aliphatic carbocycles. The molecule has 1 rings (SSSR count). The van der Waals surface area contributed by atoms with E-state index in [0.717, 1.165) is 18.3 Å². The smallest absolute Gasteiger partial charge is 0.253 e. The summed E-state index contributed by atoms with van der Waals surface area (Å²) < 4.78 is 0. The fourth-order valence-electron chi connectivity index (χ4n) is 1.47. The Balaban J connectivity index is 2.77. The van der Waals surface area contributed by atoms with Crippen molar-refractivity contribution in [2.24, 2.45) is 0 Å². The van der Waals surface area contributed by atoms with Crippen LogP contribution in [0.2, 0.25) is 0 Å². The number of benzene rings is 1. The van der Waals surface area contributed by atoms with Gasteiger partial charge in [0.1, 0.15) is 5.75 Å². The average molecular weight is 286 g/mol. The van der Waals surface area contributed by atoms with Gasteiger partial charge in [0.2, 0.25) is 0 Å². The van der Waals surface area contributed by atoms with Gasteiger partial charge < -0.3 is 10.0 Å². The first kappa shape index (κ1) is 13.0. The van der Waals surface area contributed by atoms with Gasteiger partial charge in [0.05, 0.1) is 0 Å². The lowest BCUT2D eigenvalue weighted by Gasteiger charge is -2.21. The molecule has 0 aliphatic heterocycles. The van der Waals surface area contributed by atoms with Crippen LogP contribution in [0.5, 0.6) is 5.75 Å². The number of carbonyl (C=O) groups excluding carboxylic acids is 1. The minimum absolute atomic E-state index is 0.0151. The van der Waals surface area contributed by atoms with E-state index in [1.54, 1.807) is 17.0 Å². The first-order valence-corrected chi connectivity index (χ1v) is 6.45. The predicted molar refractivity (Wildman–Crippen MR) is 68.1 cm³/mol. The minimum atomic E-state index is 0.0151. The second-order valence-corrected chi connectivity index (χ2v) is 4.32. The predicted octanol–water partition coefficient (Wildman–Crippen LogP) is 2.64. The van der Waals surface area contributed by atoms with E-state index in [1.165, 1.54) is 12.1 Å². The molecule has 1 N–H and O–H groups in total. The van der Waals surface area contributed by atoms with E-state index in [2.05, 4.69) is 15.9 Å². The molecule has 1 amide bonds. The molecular weight excluding hydrogens is 270 g/mol. The first-order chi connectivity index (χ1) is 7.69. The molecule has 0 aromatic heterocycles. The highest BCUT2D eigenvalue weighted by molar-refractivity contribution is 9.09. The molecule has 0 atom stereocenters. The maximum Gasteiger partial charge on any atom is 0.253 e. The molecule has 4 heteroatoms. The lowest BCUT2D eigenvalue weighted by molar-refractivity contribution is 0.0766. The molecule has 0 fully saturated rings. The summed E-state index contributed by atoms with van der Waals surface area (Å²) in [4.78, 5) is 13.9. The van der Waals surface area contributed by atoms with Crippen LogP contribution in [0.3, 0.4) is 0 Å². The zero-order chi connectivity index (χ0) is 12.0. The average Bonchev–Trinajstić information content (AvgIpc) is 2.29. The van der Waals surface area contributed by atoms with E-state index in [0.29, 0.717) is 12.1 Å². The molecule has 0 spiro atoms. The van der Waals surface area contributed by atoms with Crippen molar-refractivity contribution in [3.05, 3.63) is 29.8 Å². The van der Waals surface area contributed by atoms with Gasteiger partial charge in [-0.2, -0.15) is 0 Å². The number of hydrogen-bond acceptors (Lipinski definition) is 2. The summed E-state index contributed by atoms with van der Waals surface area (Å²) in [6, 6.07) is 6.36. The highest BCUT2D eigenvalue weighted by Gasteiger charge is 2.13. The Labute approximate surface area is 104 Å². The van der Waals surface area contributed by atoms with E-state index in [9.17, 15) is 4.79 Å². The lowest BCUT2D eigenvalue weighted by Crippen LogP contribution is -2.33. The van der Waals surface area contributed by atoms with Crippen molar-refractivity contribution in [1.82, 2.24) is 4.90 Å². The van der Waals surface area contributed by atoms with Crippen molar-refractivity contribution in [1.29, 1.82) is 0 Å². The van der Waals surface area contributed by atoms with Crippen molar-refractivity contribution in [2.75, 3.05) is 18.4 Å². The molecule has 0 bridgehead atoms. The molecule has 3 nitrogen and oxygen atoms in total. The Kier molecular flexibility index (Phi) is 5.32. The maximum atomic E-state index is 12.1. The Hall–Kier alpha value is -1.03. The number of nitrogens with zero attached hydrogens (tertiary/aromatic N) is 1. The van der Waals surface area contributed by atoms with Crippen molar-refractivity contribution < 1.29 is 9.90 Å². The molecule has 1 aromatic carbocycles. The third kappa shape index (κ3) is 3.52. The van der Waals surface area contributed by atoms with Crippen LogP contribution in [0.1, 0.15) is 23.7 Å². The van der Waals surface area contributed by atoms with Crippen molar-refractivity contribution in [3.63, 3.8) is 0 Å². The Morgan fingerprint density at radius 2 is 1.94 bits per heavy atom. The lowest BCUT2D eigenvalue weighted by atomic mass is 10.2.